The van der Waals surface area contributed by atoms with Gasteiger partial charge in [-0.15, -0.1) is 23.5 Å². The maximum atomic E-state index is 14.2. The number of thioether (sulfide) groups is 3. The third kappa shape index (κ3) is 16.0. The Morgan fingerprint density at radius 2 is 1.24 bits per heavy atom. The van der Waals surface area contributed by atoms with Gasteiger partial charge in [0, 0.05) is 92.4 Å². The number of amides is 6. The number of aliphatic carboxylic acids is 1. The summed E-state index contributed by atoms with van der Waals surface area (Å²) in [7, 11) is 4.63. The Balaban J connectivity index is 0.737. The molecule has 476 valence electrons. The summed E-state index contributed by atoms with van der Waals surface area (Å²) in [5.74, 6) is -2.36. The molecule has 5 heterocycles. The minimum atomic E-state index is -1.09. The number of rotatable bonds is 29. The van der Waals surface area contributed by atoms with Gasteiger partial charge in [-0.1, -0.05) is 45.0 Å². The van der Waals surface area contributed by atoms with E-state index in [4.69, 9.17) is 38.4 Å². The molecule has 7 atom stereocenters. The molecule has 4 aromatic carbocycles. The second kappa shape index (κ2) is 30.5. The summed E-state index contributed by atoms with van der Waals surface area (Å²) in [4.78, 5) is 118. The molecule has 4 aromatic rings. The molecule has 23 nitrogen and oxygen atoms in total. The molecular formula is C64H72N8O15S3. The first-order valence-electron chi connectivity index (χ1n) is 29.2. The maximum absolute atomic E-state index is 14.2. The highest BCUT2D eigenvalue weighted by Gasteiger charge is 2.40. The number of carbonyl (C=O) groups is 8. The van der Waals surface area contributed by atoms with Crippen LogP contribution in [-0.4, -0.2) is 181 Å². The van der Waals surface area contributed by atoms with Crippen LogP contribution >= 0.6 is 35.3 Å². The van der Waals surface area contributed by atoms with E-state index in [-0.39, 0.29) is 80.0 Å². The van der Waals surface area contributed by atoms with Gasteiger partial charge in [0.25, 0.3) is 11.8 Å². The summed E-state index contributed by atoms with van der Waals surface area (Å²) in [5, 5.41) is 19.2. The van der Waals surface area contributed by atoms with Crippen molar-refractivity contribution in [2.45, 2.75) is 81.2 Å². The Hall–Kier alpha value is -8.33. The molecule has 5 aliphatic rings. The first kappa shape index (κ1) is 66.1. The lowest BCUT2D eigenvalue weighted by Gasteiger charge is -2.24. The van der Waals surface area contributed by atoms with Gasteiger partial charge in [-0.2, -0.15) is 11.8 Å². The highest BCUT2D eigenvalue weighted by Crippen LogP contribution is 2.43. The molecule has 0 saturated carbocycles. The fourth-order valence-electron chi connectivity index (χ4n) is 10.6. The van der Waals surface area contributed by atoms with Crippen LogP contribution in [0.25, 0.3) is 11.1 Å². The van der Waals surface area contributed by atoms with Crippen LogP contribution in [0, 0.1) is 11.8 Å². The van der Waals surface area contributed by atoms with Crippen LogP contribution in [0.5, 0.6) is 28.7 Å². The summed E-state index contributed by atoms with van der Waals surface area (Å²) in [5.41, 5.74) is 5.84. The Bertz CT molecular complexity index is 3510. The van der Waals surface area contributed by atoms with E-state index in [0.29, 0.717) is 75.5 Å². The van der Waals surface area contributed by atoms with Crippen molar-refractivity contribution in [1.29, 1.82) is 0 Å². The lowest BCUT2D eigenvalue weighted by Crippen LogP contribution is -2.49. The van der Waals surface area contributed by atoms with Gasteiger partial charge in [-0.25, -0.2) is 0 Å². The molecule has 26 heteroatoms. The van der Waals surface area contributed by atoms with E-state index in [1.165, 1.54) is 37.7 Å². The summed E-state index contributed by atoms with van der Waals surface area (Å²) >= 11 is 3.69. The molecule has 1 fully saturated rings. The SMILES string of the molecule is COc1ccc(C2=CN3C(=O)c4cc(OC)c(OCCCOc5cc6c(cc5OC)C(=O)N5C=C(c7ccc(NC(=O)[C@H](C)CC(=O)[C@@H](NC(=O)COC(CNC(=O)CSC)CNC(=O)C8SCSC8C(=O)O)C(C)C)cc7)C[C@@H]5C=N6)cc4N=C[C@@H]3C2)cc1. The minimum absolute atomic E-state index is 0.0442. The smallest absolute Gasteiger partial charge is 0.318 e. The van der Waals surface area contributed by atoms with E-state index in [2.05, 4.69) is 21.3 Å². The molecule has 0 bridgehead atoms. The molecule has 5 N–H and O–H groups in total. The number of nitrogens with zero attached hydrogens (tertiary/aromatic N) is 4. The quantitative estimate of drug-likeness (QED) is 0.0331. The van der Waals surface area contributed by atoms with Crippen LogP contribution in [0.4, 0.5) is 17.1 Å². The van der Waals surface area contributed by atoms with Crippen LogP contribution in [0.15, 0.2) is 95.2 Å². The lowest BCUT2D eigenvalue weighted by atomic mass is 9.92. The largest absolute Gasteiger partial charge is 0.497 e. The molecule has 1 saturated heterocycles. The molecule has 6 amide bonds. The monoisotopic (exact) mass is 1290 g/mol. The maximum Gasteiger partial charge on any atom is 0.318 e. The normalized spacial score (nSPS) is 18.9. The Labute approximate surface area is 533 Å². The lowest BCUT2D eigenvalue weighted by molar-refractivity contribution is -0.138. The van der Waals surface area contributed by atoms with Gasteiger partial charge in [0.2, 0.25) is 23.6 Å². The van der Waals surface area contributed by atoms with E-state index in [9.17, 15) is 43.5 Å². The molecular weight excluding hydrogens is 1220 g/mol. The zero-order valence-corrected chi connectivity index (χ0v) is 53.3. The number of fused-ring (bicyclic) bond motifs is 4. The van der Waals surface area contributed by atoms with Crippen LogP contribution in [-0.2, 0) is 33.5 Å². The van der Waals surface area contributed by atoms with Gasteiger partial charge in [-0.05, 0) is 70.8 Å². The molecule has 5 aliphatic heterocycles. The average molecular weight is 1290 g/mol. The fourth-order valence-corrected chi connectivity index (χ4v) is 13.9. The summed E-state index contributed by atoms with van der Waals surface area (Å²) in [6.07, 6.45) is 9.47. The summed E-state index contributed by atoms with van der Waals surface area (Å²) in [6, 6.07) is 20.0. The van der Waals surface area contributed by atoms with Gasteiger partial charge in [0.1, 0.15) is 22.9 Å². The third-order valence-corrected chi connectivity index (χ3v) is 19.0. The number of anilines is 1. The fraction of sp³-hybridized carbons (Fsp3) is 0.406. The highest BCUT2D eigenvalue weighted by molar-refractivity contribution is 8.20. The highest BCUT2D eigenvalue weighted by atomic mass is 32.2. The van der Waals surface area contributed by atoms with Crippen LogP contribution in [0.2, 0.25) is 0 Å². The van der Waals surface area contributed by atoms with Crippen molar-refractivity contribution in [2.24, 2.45) is 21.8 Å². The molecule has 0 spiro atoms. The number of carbonyl (C=O) groups excluding carboxylic acids is 7. The number of carboxylic acids is 1. The minimum Gasteiger partial charge on any atom is -0.497 e. The number of carboxylic acid groups (broad SMARTS) is 1. The predicted octanol–water partition coefficient (Wildman–Crippen LogP) is 7.42. The van der Waals surface area contributed by atoms with E-state index in [0.717, 1.165) is 39.8 Å². The molecule has 90 heavy (non-hydrogen) atoms. The van der Waals surface area contributed by atoms with E-state index in [1.807, 2.05) is 42.6 Å². The van der Waals surface area contributed by atoms with E-state index >= 15 is 0 Å². The van der Waals surface area contributed by atoms with Gasteiger partial charge in [0.15, 0.2) is 28.8 Å². The van der Waals surface area contributed by atoms with Gasteiger partial charge >= 0.3 is 5.97 Å². The van der Waals surface area contributed by atoms with Crippen LogP contribution in [0.3, 0.4) is 0 Å². The second-order valence-corrected chi connectivity index (χ2v) is 25.6. The van der Waals surface area contributed by atoms with Crippen molar-refractivity contribution in [3.8, 4) is 28.7 Å². The molecule has 0 radical (unpaired) electrons. The number of nitrogens with one attached hydrogen (secondary N) is 4. The molecule has 0 aromatic heterocycles. The van der Waals surface area contributed by atoms with E-state index < -0.39 is 58.9 Å². The number of ether oxygens (including phenoxy) is 6. The predicted molar refractivity (Wildman–Crippen MR) is 346 cm³/mol. The van der Waals surface area contributed by atoms with Crippen molar-refractivity contribution in [3.05, 3.63) is 107 Å². The van der Waals surface area contributed by atoms with Crippen molar-refractivity contribution in [2.75, 3.05) is 76.6 Å². The van der Waals surface area contributed by atoms with E-state index in [1.54, 1.807) is 99.0 Å². The van der Waals surface area contributed by atoms with Crippen LogP contribution < -0.4 is 45.0 Å². The number of ketones is 1. The average Bonchev–Trinajstić information content (AvgIpc) is 1.89. The number of methoxy groups -OCH3 is 3. The van der Waals surface area contributed by atoms with Gasteiger partial charge < -0.3 is 64.6 Å². The number of Topliss-reactive ketones (excluding diaryl/α,β-unsaturated/α-hetero) is 1. The standard InChI is InChI=1S/C64H72N8O15S3/c1-35(2)57(70-55(74)32-87-45(28-67-56(75)33-88-7)29-68-61(77)58-59(64(80)81)90-34-89-58)50(73)19-36(3)60(76)69-41-13-9-37(10-14-41)39-20-42-26-65-48-24-53(51(83-5)22-46(48)62(78)71(42)30-39)85-17-8-18-86-54-25-49-47(23-52(54)84-6)63(79)72-31-40(21-43(72)27-66-49)38-11-15-44(82-4)16-12-38/h9-16,22-27,30-31,35-36,42-43,45,57-59H,8,17-21,28-29,32-34H2,1-7H3,(H,67,75)(H,68,77)(H,69,76)(H,70,74)(H,80,81)/t36-,42-,43+,45?,57+,58?,59?/m1/s1. The van der Waals surface area contributed by atoms with Crippen molar-refractivity contribution in [3.63, 3.8) is 0 Å². The Morgan fingerprint density at radius 3 is 1.77 bits per heavy atom. The number of benzene rings is 4. The van der Waals surface area contributed by atoms with Crippen LogP contribution in [0.1, 0.15) is 78.3 Å². The topological polar surface area (TPSA) is 291 Å². The van der Waals surface area contributed by atoms with Crippen molar-refractivity contribution < 1.29 is 71.9 Å². The van der Waals surface area contributed by atoms with Gasteiger partial charge in [0.05, 0.1) is 87.0 Å². The molecule has 0 aliphatic carbocycles. The summed E-state index contributed by atoms with van der Waals surface area (Å²) < 4.78 is 34.8. The molecule has 3 unspecified atom stereocenters. The Kier molecular flexibility index (Phi) is 22.4. The van der Waals surface area contributed by atoms with Gasteiger partial charge in [-0.3, -0.25) is 48.3 Å². The van der Waals surface area contributed by atoms with Crippen molar-refractivity contribution >= 4 is 123 Å². The first-order chi connectivity index (χ1) is 43.4. The molecule has 9 rings (SSSR count). The summed E-state index contributed by atoms with van der Waals surface area (Å²) in [6.45, 7) is 4.94. The zero-order valence-electron chi connectivity index (χ0n) is 50.8. The van der Waals surface area contributed by atoms with Crippen molar-refractivity contribution in [1.82, 2.24) is 25.8 Å². The number of aliphatic imine (C=N–C) groups is 2. The number of hydrogen-bond acceptors (Lipinski definition) is 19. The second-order valence-electron chi connectivity index (χ2n) is 22.1. The number of hydrogen-bond donors (Lipinski definition) is 5. The Morgan fingerprint density at radius 1 is 0.700 bits per heavy atom. The zero-order chi connectivity index (χ0) is 64.2. The third-order valence-electron chi connectivity index (χ3n) is 15.5. The first-order valence-corrected chi connectivity index (χ1v) is 32.7.